The number of rotatable bonds is 6. The molecule has 1 rings (SSSR count). The van der Waals surface area contributed by atoms with Crippen molar-refractivity contribution in [3.63, 3.8) is 0 Å². The molecule has 1 amide bonds. The second kappa shape index (κ2) is 7.81. The maximum Gasteiger partial charge on any atom is 0.407 e. The molecule has 118 valence electrons. The summed E-state index contributed by atoms with van der Waals surface area (Å²) in [6.07, 6.45) is 2.05. The van der Waals surface area contributed by atoms with Gasteiger partial charge in [0, 0.05) is 31.8 Å². The van der Waals surface area contributed by atoms with Crippen LogP contribution < -0.4 is 16.4 Å². The summed E-state index contributed by atoms with van der Waals surface area (Å²) in [5.41, 5.74) is 5.27. The number of nitrogens with two attached hydrogens (primary N) is 1. The molecule has 6 heteroatoms. The Morgan fingerprint density at radius 3 is 2.70 bits per heavy atom. The second-order valence-electron chi connectivity index (χ2n) is 6.32. The zero-order chi connectivity index (χ0) is 15.2. The van der Waals surface area contributed by atoms with Gasteiger partial charge in [-0.3, -0.25) is 0 Å². The summed E-state index contributed by atoms with van der Waals surface area (Å²) in [5, 5.41) is 6.18. The van der Waals surface area contributed by atoms with Gasteiger partial charge in [0.25, 0.3) is 0 Å². The molecule has 0 radical (unpaired) electrons. The van der Waals surface area contributed by atoms with Gasteiger partial charge >= 0.3 is 6.09 Å². The van der Waals surface area contributed by atoms with Crippen LogP contribution in [-0.4, -0.2) is 49.6 Å². The van der Waals surface area contributed by atoms with Crippen LogP contribution >= 0.6 is 0 Å². The second-order valence-corrected chi connectivity index (χ2v) is 6.32. The highest BCUT2D eigenvalue weighted by molar-refractivity contribution is 5.68. The lowest BCUT2D eigenvalue weighted by Crippen LogP contribution is -2.54. The van der Waals surface area contributed by atoms with E-state index in [2.05, 4.69) is 10.6 Å². The summed E-state index contributed by atoms with van der Waals surface area (Å²) in [4.78, 5) is 11.7. The summed E-state index contributed by atoms with van der Waals surface area (Å²) in [7, 11) is 0. The average molecular weight is 287 g/mol. The largest absolute Gasteiger partial charge is 0.444 e. The van der Waals surface area contributed by atoms with Crippen LogP contribution in [0.15, 0.2) is 0 Å². The van der Waals surface area contributed by atoms with Gasteiger partial charge < -0.3 is 25.8 Å². The Morgan fingerprint density at radius 2 is 2.20 bits per heavy atom. The number of amides is 1. The van der Waals surface area contributed by atoms with E-state index in [-0.39, 0.29) is 18.2 Å². The van der Waals surface area contributed by atoms with Crippen LogP contribution in [0.3, 0.4) is 0 Å². The van der Waals surface area contributed by atoms with Crippen LogP contribution in [0.4, 0.5) is 4.79 Å². The summed E-state index contributed by atoms with van der Waals surface area (Å²) in [5.74, 6) is 0. The fourth-order valence-corrected chi connectivity index (χ4v) is 2.15. The Labute approximate surface area is 121 Å². The number of hydrogen-bond acceptors (Lipinski definition) is 5. The van der Waals surface area contributed by atoms with Crippen molar-refractivity contribution in [2.24, 2.45) is 5.73 Å². The van der Waals surface area contributed by atoms with Crippen molar-refractivity contribution < 1.29 is 14.3 Å². The predicted octanol–water partition coefficient (Wildman–Crippen LogP) is 0.996. The van der Waals surface area contributed by atoms with E-state index in [0.717, 1.165) is 26.0 Å². The fourth-order valence-electron chi connectivity index (χ4n) is 2.15. The van der Waals surface area contributed by atoms with Gasteiger partial charge in [0.15, 0.2) is 0 Å². The first-order valence-corrected chi connectivity index (χ1v) is 7.36. The van der Waals surface area contributed by atoms with Crippen molar-refractivity contribution in [1.82, 2.24) is 10.6 Å². The average Bonchev–Trinajstić information content (AvgIpc) is 2.79. The Bertz CT molecular complexity index is 299. The van der Waals surface area contributed by atoms with Gasteiger partial charge in [-0.1, -0.05) is 0 Å². The molecule has 6 nitrogen and oxygen atoms in total. The lowest BCUT2D eigenvalue weighted by atomic mass is 10.1. The Kier molecular flexibility index (Phi) is 6.71. The van der Waals surface area contributed by atoms with E-state index in [1.807, 2.05) is 27.7 Å². The van der Waals surface area contributed by atoms with Crippen molar-refractivity contribution in [2.45, 2.75) is 64.3 Å². The van der Waals surface area contributed by atoms with Crippen molar-refractivity contribution >= 4 is 6.09 Å². The first-order chi connectivity index (χ1) is 9.31. The van der Waals surface area contributed by atoms with Crippen LogP contribution in [0.5, 0.6) is 0 Å². The standard InChI is InChI=1S/C14H29N3O3/c1-10(17-13(18)20-14(2,3)4)12(8-15)16-9-11-6-5-7-19-11/h10-12,16H,5-9,15H2,1-4H3,(H,17,18). The van der Waals surface area contributed by atoms with Crippen LogP contribution in [0.2, 0.25) is 0 Å². The van der Waals surface area contributed by atoms with E-state index in [1.54, 1.807) is 0 Å². The molecule has 0 aromatic heterocycles. The van der Waals surface area contributed by atoms with E-state index in [9.17, 15) is 4.79 Å². The molecule has 1 aliphatic rings. The van der Waals surface area contributed by atoms with Gasteiger partial charge in [0.05, 0.1) is 6.10 Å². The topological polar surface area (TPSA) is 85.6 Å². The van der Waals surface area contributed by atoms with Crippen molar-refractivity contribution in [1.29, 1.82) is 0 Å². The molecule has 0 bridgehead atoms. The summed E-state index contributed by atoms with van der Waals surface area (Å²) in [6.45, 7) is 9.50. The SMILES string of the molecule is CC(NC(=O)OC(C)(C)C)C(CN)NCC1CCCO1. The van der Waals surface area contributed by atoms with Gasteiger partial charge in [-0.05, 0) is 40.5 Å². The van der Waals surface area contributed by atoms with Crippen molar-refractivity contribution in [2.75, 3.05) is 19.7 Å². The molecule has 3 atom stereocenters. The maximum atomic E-state index is 11.7. The molecule has 0 aromatic rings. The number of hydrogen-bond donors (Lipinski definition) is 3. The third kappa shape index (κ3) is 6.54. The number of carbonyl (C=O) groups is 1. The molecule has 0 aliphatic carbocycles. The van der Waals surface area contributed by atoms with Gasteiger partial charge in [-0.2, -0.15) is 0 Å². The summed E-state index contributed by atoms with van der Waals surface area (Å²) in [6, 6.07) is -0.0945. The molecule has 0 spiro atoms. The molecule has 20 heavy (non-hydrogen) atoms. The van der Waals surface area contributed by atoms with Crippen molar-refractivity contribution in [3.05, 3.63) is 0 Å². The number of ether oxygens (including phenoxy) is 2. The fraction of sp³-hybridized carbons (Fsp3) is 0.929. The quantitative estimate of drug-likeness (QED) is 0.678. The minimum atomic E-state index is -0.493. The highest BCUT2D eigenvalue weighted by Gasteiger charge is 2.23. The number of alkyl carbamates (subject to hydrolysis) is 1. The van der Waals surface area contributed by atoms with E-state index < -0.39 is 11.7 Å². The molecular formula is C14H29N3O3. The first-order valence-electron chi connectivity index (χ1n) is 7.36. The highest BCUT2D eigenvalue weighted by atomic mass is 16.6. The maximum absolute atomic E-state index is 11.7. The Balaban J connectivity index is 2.33. The molecule has 1 fully saturated rings. The molecule has 3 unspecified atom stereocenters. The molecule has 0 saturated carbocycles. The van der Waals surface area contributed by atoms with Crippen molar-refractivity contribution in [3.8, 4) is 0 Å². The van der Waals surface area contributed by atoms with Gasteiger partial charge in [-0.25, -0.2) is 4.79 Å². The molecular weight excluding hydrogens is 258 g/mol. The zero-order valence-corrected chi connectivity index (χ0v) is 13.1. The lowest BCUT2D eigenvalue weighted by Gasteiger charge is -2.27. The van der Waals surface area contributed by atoms with Crippen LogP contribution in [0, 0.1) is 0 Å². The number of carbonyl (C=O) groups excluding carboxylic acids is 1. The lowest BCUT2D eigenvalue weighted by molar-refractivity contribution is 0.0495. The predicted molar refractivity (Wildman–Crippen MR) is 78.7 cm³/mol. The highest BCUT2D eigenvalue weighted by Crippen LogP contribution is 2.11. The van der Waals surface area contributed by atoms with E-state index in [1.165, 1.54) is 0 Å². The summed E-state index contributed by atoms with van der Waals surface area (Å²) < 4.78 is 10.8. The van der Waals surface area contributed by atoms with Gasteiger partial charge in [-0.15, -0.1) is 0 Å². The Hall–Kier alpha value is -0.850. The van der Waals surface area contributed by atoms with E-state index in [4.69, 9.17) is 15.2 Å². The smallest absolute Gasteiger partial charge is 0.407 e. The minimum Gasteiger partial charge on any atom is -0.444 e. The summed E-state index contributed by atoms with van der Waals surface area (Å²) >= 11 is 0. The van der Waals surface area contributed by atoms with Crippen LogP contribution in [-0.2, 0) is 9.47 Å². The normalized spacial score (nSPS) is 22.4. The third-order valence-electron chi connectivity index (χ3n) is 3.23. The zero-order valence-electron chi connectivity index (χ0n) is 13.1. The molecule has 0 aromatic carbocycles. The minimum absolute atomic E-state index is 0.00622. The van der Waals surface area contributed by atoms with Gasteiger partial charge in [0.2, 0.25) is 0 Å². The van der Waals surface area contributed by atoms with E-state index in [0.29, 0.717) is 6.54 Å². The number of nitrogens with one attached hydrogen (secondary N) is 2. The first kappa shape index (κ1) is 17.2. The van der Waals surface area contributed by atoms with Gasteiger partial charge in [0.1, 0.15) is 5.60 Å². The third-order valence-corrected chi connectivity index (χ3v) is 3.23. The molecule has 1 saturated heterocycles. The van der Waals surface area contributed by atoms with Crippen LogP contribution in [0.1, 0.15) is 40.5 Å². The molecule has 4 N–H and O–H groups in total. The molecule has 1 aliphatic heterocycles. The molecule has 1 heterocycles. The Morgan fingerprint density at radius 1 is 1.50 bits per heavy atom. The van der Waals surface area contributed by atoms with Crippen LogP contribution in [0.25, 0.3) is 0 Å². The van der Waals surface area contributed by atoms with E-state index >= 15 is 0 Å². The monoisotopic (exact) mass is 287 g/mol.